The minimum atomic E-state index is -0.789. The van der Waals surface area contributed by atoms with E-state index in [1.807, 2.05) is 6.07 Å². The van der Waals surface area contributed by atoms with Crippen LogP contribution in [0.25, 0.3) is 0 Å². The molecule has 0 bridgehead atoms. The number of nitriles is 1. The number of ether oxygens (including phenoxy) is 1. The molecule has 1 radical (unpaired) electrons. The molecule has 0 aliphatic heterocycles. The van der Waals surface area contributed by atoms with Gasteiger partial charge < -0.3 is 4.74 Å². The molecular formula is C9H7N2O2. The highest BCUT2D eigenvalue weighted by Crippen LogP contribution is 2.11. The number of benzene rings is 1. The smallest absolute Gasteiger partial charge is 0.276 e. The molecular weight excluding hydrogens is 168 g/mol. The molecule has 0 heterocycles. The Morgan fingerprint density at radius 1 is 1.62 bits per heavy atom. The zero-order chi connectivity index (χ0) is 9.68. The average molecular weight is 175 g/mol. The van der Waals surface area contributed by atoms with E-state index in [2.05, 4.69) is 0 Å². The molecule has 1 amide bonds. The number of carbonyl (C=O) groups excluding carboxylic acids is 1. The highest BCUT2D eigenvalue weighted by atomic mass is 16.5. The molecule has 1 aromatic carbocycles. The minimum absolute atomic E-state index is 0.283. The molecule has 0 saturated heterocycles. The minimum Gasteiger partial charge on any atom is -0.484 e. The van der Waals surface area contributed by atoms with Crippen LogP contribution in [0.1, 0.15) is 5.56 Å². The molecule has 1 aromatic rings. The van der Waals surface area contributed by atoms with Gasteiger partial charge in [-0.25, -0.2) is 0 Å². The van der Waals surface area contributed by atoms with Gasteiger partial charge >= 0.3 is 0 Å². The number of amides is 1. The van der Waals surface area contributed by atoms with E-state index in [-0.39, 0.29) is 6.61 Å². The Balaban J connectivity index is 2.68. The Kier molecular flexibility index (Phi) is 2.87. The maximum Gasteiger partial charge on any atom is 0.276 e. The summed E-state index contributed by atoms with van der Waals surface area (Å²) in [6.07, 6.45) is 0. The molecule has 0 saturated carbocycles. The van der Waals surface area contributed by atoms with Crippen molar-refractivity contribution in [3.8, 4) is 11.8 Å². The van der Waals surface area contributed by atoms with Crippen molar-refractivity contribution in [2.75, 3.05) is 6.61 Å². The van der Waals surface area contributed by atoms with Gasteiger partial charge in [0.05, 0.1) is 11.6 Å². The monoisotopic (exact) mass is 175 g/mol. The molecule has 0 aliphatic rings. The van der Waals surface area contributed by atoms with Gasteiger partial charge in [-0.1, -0.05) is 6.07 Å². The SMILES string of the molecule is N#Cc1cccc(OCC([NH])=O)c1. The van der Waals surface area contributed by atoms with Gasteiger partial charge in [-0.2, -0.15) is 5.26 Å². The topological polar surface area (TPSA) is 73.9 Å². The molecule has 4 heteroatoms. The fraction of sp³-hybridized carbons (Fsp3) is 0.111. The van der Waals surface area contributed by atoms with E-state index in [4.69, 9.17) is 15.7 Å². The number of hydrogen-bond donors (Lipinski definition) is 0. The van der Waals surface area contributed by atoms with E-state index >= 15 is 0 Å². The summed E-state index contributed by atoms with van der Waals surface area (Å²) < 4.78 is 4.92. The van der Waals surface area contributed by atoms with Gasteiger partial charge in [-0.15, -0.1) is 0 Å². The van der Waals surface area contributed by atoms with Crippen LogP contribution >= 0.6 is 0 Å². The number of nitrogens with one attached hydrogen (secondary N) is 1. The van der Waals surface area contributed by atoms with Crippen LogP contribution in [0, 0.1) is 11.3 Å². The van der Waals surface area contributed by atoms with E-state index in [1.165, 1.54) is 6.07 Å². The van der Waals surface area contributed by atoms with Gasteiger partial charge in [0.1, 0.15) is 5.75 Å². The second-order valence-corrected chi connectivity index (χ2v) is 2.35. The maximum absolute atomic E-state index is 10.2. The van der Waals surface area contributed by atoms with Crippen molar-refractivity contribution in [2.24, 2.45) is 0 Å². The molecule has 1 N–H and O–H groups in total. The zero-order valence-corrected chi connectivity index (χ0v) is 6.78. The van der Waals surface area contributed by atoms with Gasteiger partial charge in [0, 0.05) is 0 Å². The van der Waals surface area contributed by atoms with Crippen LogP contribution in [0.3, 0.4) is 0 Å². The molecule has 0 atom stereocenters. The summed E-state index contributed by atoms with van der Waals surface area (Å²) in [5, 5.41) is 8.53. The Bertz CT molecular complexity index is 355. The molecule has 0 spiro atoms. The normalized spacial score (nSPS) is 8.85. The molecule has 13 heavy (non-hydrogen) atoms. The van der Waals surface area contributed by atoms with Crippen LogP contribution in [0.15, 0.2) is 24.3 Å². The predicted molar refractivity (Wildman–Crippen MR) is 44.8 cm³/mol. The fourth-order valence-corrected chi connectivity index (χ4v) is 0.804. The fourth-order valence-electron chi connectivity index (χ4n) is 0.804. The van der Waals surface area contributed by atoms with Crippen molar-refractivity contribution in [2.45, 2.75) is 0 Å². The zero-order valence-electron chi connectivity index (χ0n) is 6.78. The van der Waals surface area contributed by atoms with Crippen molar-refractivity contribution in [3.63, 3.8) is 0 Å². The second-order valence-electron chi connectivity index (χ2n) is 2.35. The summed E-state index contributed by atoms with van der Waals surface area (Å²) in [5.74, 6) is -0.359. The van der Waals surface area contributed by atoms with E-state index < -0.39 is 5.91 Å². The van der Waals surface area contributed by atoms with Crippen molar-refractivity contribution in [1.82, 2.24) is 5.73 Å². The first-order valence-electron chi connectivity index (χ1n) is 3.60. The van der Waals surface area contributed by atoms with Crippen LogP contribution in [0.4, 0.5) is 0 Å². The van der Waals surface area contributed by atoms with Crippen molar-refractivity contribution in [1.29, 1.82) is 5.26 Å². The predicted octanol–water partition coefficient (Wildman–Crippen LogP) is 0.747. The third kappa shape index (κ3) is 2.83. The van der Waals surface area contributed by atoms with Crippen LogP contribution in [0.5, 0.6) is 5.75 Å². The van der Waals surface area contributed by atoms with E-state index in [0.717, 1.165) is 0 Å². The van der Waals surface area contributed by atoms with Gasteiger partial charge in [0.15, 0.2) is 6.61 Å². The first kappa shape index (κ1) is 9.07. The van der Waals surface area contributed by atoms with Crippen LogP contribution in [0.2, 0.25) is 0 Å². The summed E-state index contributed by atoms with van der Waals surface area (Å²) in [7, 11) is 0. The van der Waals surface area contributed by atoms with Crippen LogP contribution < -0.4 is 10.5 Å². The van der Waals surface area contributed by atoms with Gasteiger partial charge in [-0.05, 0) is 18.2 Å². The number of hydrogen-bond acceptors (Lipinski definition) is 3. The van der Waals surface area contributed by atoms with E-state index in [9.17, 15) is 4.79 Å². The molecule has 0 unspecified atom stereocenters. The lowest BCUT2D eigenvalue weighted by atomic mass is 10.2. The summed E-state index contributed by atoms with van der Waals surface area (Å²) in [6.45, 7) is -0.283. The molecule has 0 fully saturated rings. The highest BCUT2D eigenvalue weighted by molar-refractivity contribution is 5.74. The molecule has 0 aromatic heterocycles. The van der Waals surface area contributed by atoms with E-state index in [0.29, 0.717) is 11.3 Å². The summed E-state index contributed by atoms with van der Waals surface area (Å²) in [6, 6.07) is 8.38. The number of nitrogens with zero attached hydrogens (tertiary/aromatic N) is 1. The van der Waals surface area contributed by atoms with Crippen molar-refractivity contribution < 1.29 is 9.53 Å². The lowest BCUT2D eigenvalue weighted by Crippen LogP contribution is -2.11. The van der Waals surface area contributed by atoms with E-state index in [1.54, 1.807) is 18.2 Å². The van der Waals surface area contributed by atoms with Gasteiger partial charge in [0.25, 0.3) is 5.91 Å². The quantitative estimate of drug-likeness (QED) is 0.680. The Hall–Kier alpha value is -2.02. The van der Waals surface area contributed by atoms with Gasteiger partial charge in [-0.3, -0.25) is 10.5 Å². The van der Waals surface area contributed by atoms with Crippen molar-refractivity contribution in [3.05, 3.63) is 29.8 Å². The Morgan fingerprint density at radius 2 is 2.38 bits per heavy atom. The first-order chi connectivity index (χ1) is 6.22. The average Bonchev–Trinajstić information content (AvgIpc) is 2.15. The summed E-state index contributed by atoms with van der Waals surface area (Å²) in [5.41, 5.74) is 7.06. The number of carbonyl (C=O) groups is 1. The van der Waals surface area contributed by atoms with Crippen LogP contribution in [-0.4, -0.2) is 12.5 Å². The molecule has 4 nitrogen and oxygen atoms in total. The third-order valence-corrected chi connectivity index (χ3v) is 1.33. The summed E-state index contributed by atoms with van der Waals surface area (Å²) in [4.78, 5) is 10.2. The number of rotatable bonds is 3. The third-order valence-electron chi connectivity index (χ3n) is 1.33. The van der Waals surface area contributed by atoms with Gasteiger partial charge in [0.2, 0.25) is 0 Å². The lowest BCUT2D eigenvalue weighted by Gasteiger charge is -2.01. The molecule has 1 rings (SSSR count). The first-order valence-corrected chi connectivity index (χ1v) is 3.60. The van der Waals surface area contributed by atoms with Crippen molar-refractivity contribution >= 4 is 5.91 Å². The largest absolute Gasteiger partial charge is 0.484 e. The van der Waals surface area contributed by atoms with Crippen LogP contribution in [-0.2, 0) is 4.79 Å². The molecule has 0 aliphatic carbocycles. The Labute approximate surface area is 75.5 Å². The highest BCUT2D eigenvalue weighted by Gasteiger charge is 1.98. The molecule has 65 valence electrons. The summed E-state index contributed by atoms with van der Waals surface area (Å²) >= 11 is 0. The standard InChI is InChI=1S/C9H7N2O2/c10-5-7-2-1-3-8(4-7)13-6-9(11)12/h1-4,11H,6H2. The lowest BCUT2D eigenvalue weighted by molar-refractivity contribution is -0.120. The Morgan fingerprint density at radius 3 is 3.00 bits per heavy atom. The maximum atomic E-state index is 10.2. The second kappa shape index (κ2) is 4.12.